The lowest BCUT2D eigenvalue weighted by Gasteiger charge is -2.36. The zero-order valence-corrected chi connectivity index (χ0v) is 17.8. The first kappa shape index (κ1) is 22.2. The topological polar surface area (TPSA) is 55.8 Å². The summed E-state index contributed by atoms with van der Waals surface area (Å²) in [7, 11) is 2.77. The number of ether oxygens (including phenoxy) is 2. The highest BCUT2D eigenvalue weighted by Gasteiger charge is 2.41. The van der Waals surface area contributed by atoms with Crippen LogP contribution in [0.3, 0.4) is 0 Å². The Balaban J connectivity index is 2.85. The van der Waals surface area contributed by atoms with Crippen molar-refractivity contribution in [3.63, 3.8) is 0 Å². The molecule has 1 aromatic carbocycles. The van der Waals surface area contributed by atoms with Crippen LogP contribution in [0.15, 0.2) is 40.7 Å². The van der Waals surface area contributed by atoms with E-state index in [1.54, 1.807) is 46.0 Å². The van der Waals surface area contributed by atoms with Gasteiger partial charge in [0.1, 0.15) is 6.67 Å². The lowest BCUT2D eigenvalue weighted by molar-refractivity contribution is -0.143. The van der Waals surface area contributed by atoms with Crippen LogP contribution in [0, 0.1) is 0 Å². The van der Waals surface area contributed by atoms with Gasteiger partial charge in [0.15, 0.2) is 0 Å². The molecule has 2 rings (SSSR count). The fourth-order valence-electron chi connectivity index (χ4n) is 3.19. The molecule has 1 aliphatic heterocycles. The quantitative estimate of drug-likeness (QED) is 0.637. The zero-order valence-electron chi connectivity index (χ0n) is 16.3. The van der Waals surface area contributed by atoms with E-state index in [1.807, 2.05) is 0 Å². The molecule has 0 saturated heterocycles. The van der Waals surface area contributed by atoms with E-state index in [0.29, 0.717) is 11.3 Å². The Hall–Kier alpha value is -2.05. The molecule has 1 unspecified atom stereocenters. The number of allylic oxidation sites excluding steroid dienone is 2. The van der Waals surface area contributed by atoms with Gasteiger partial charge in [-0.15, -0.1) is 0 Å². The third kappa shape index (κ3) is 4.03. The van der Waals surface area contributed by atoms with E-state index in [1.165, 1.54) is 12.0 Å². The van der Waals surface area contributed by atoms with Crippen LogP contribution in [-0.2, 0) is 19.1 Å². The van der Waals surface area contributed by atoms with Gasteiger partial charge in [-0.25, -0.2) is 14.0 Å². The summed E-state index contributed by atoms with van der Waals surface area (Å²) in [6, 6.07) is 4.87. The predicted molar refractivity (Wildman–Crippen MR) is 106 cm³/mol. The van der Waals surface area contributed by atoms with Gasteiger partial charge in [0.2, 0.25) is 0 Å². The first-order valence-electron chi connectivity index (χ1n) is 8.62. The Labute approximate surface area is 173 Å². The van der Waals surface area contributed by atoms with Gasteiger partial charge in [-0.3, -0.25) is 0 Å². The van der Waals surface area contributed by atoms with E-state index in [2.05, 4.69) is 0 Å². The van der Waals surface area contributed by atoms with Crippen LogP contribution in [0.5, 0.6) is 0 Å². The molecule has 0 bridgehead atoms. The first-order chi connectivity index (χ1) is 13.1. The number of methoxy groups -OCH3 is 1. The number of esters is 2. The SMILES string of the molecule is COC(=O)C1=C(CF)N(C)C(C)=C(C(=O)OC(C)C)C1c1cccc(Cl)c1Cl. The number of alkyl halides is 1. The molecule has 0 spiro atoms. The average Bonchev–Trinajstić information content (AvgIpc) is 2.64. The number of hydrogen-bond donors (Lipinski definition) is 0. The molecule has 0 aromatic heterocycles. The zero-order chi connectivity index (χ0) is 21.2. The Morgan fingerprint density at radius 3 is 2.39 bits per heavy atom. The van der Waals surface area contributed by atoms with Gasteiger partial charge < -0.3 is 14.4 Å². The van der Waals surface area contributed by atoms with Crippen molar-refractivity contribution in [3.05, 3.63) is 56.3 Å². The van der Waals surface area contributed by atoms with Crippen molar-refractivity contribution in [2.45, 2.75) is 32.8 Å². The maximum absolute atomic E-state index is 14.0. The molecule has 0 saturated carbocycles. The Morgan fingerprint density at radius 2 is 1.86 bits per heavy atom. The van der Waals surface area contributed by atoms with Crippen molar-refractivity contribution in [2.75, 3.05) is 20.8 Å². The normalized spacial score (nSPS) is 17.3. The summed E-state index contributed by atoms with van der Waals surface area (Å²) in [5.41, 5.74) is 1.10. The fourth-order valence-corrected chi connectivity index (χ4v) is 3.61. The van der Waals surface area contributed by atoms with Crippen molar-refractivity contribution >= 4 is 35.1 Å². The summed E-state index contributed by atoms with van der Waals surface area (Å²) in [5.74, 6) is -2.37. The van der Waals surface area contributed by atoms with Gasteiger partial charge in [-0.05, 0) is 32.4 Å². The van der Waals surface area contributed by atoms with E-state index >= 15 is 0 Å². The Morgan fingerprint density at radius 1 is 1.21 bits per heavy atom. The molecule has 0 amide bonds. The summed E-state index contributed by atoms with van der Waals surface area (Å²) >= 11 is 12.6. The van der Waals surface area contributed by atoms with E-state index in [-0.39, 0.29) is 33.0 Å². The smallest absolute Gasteiger partial charge is 0.337 e. The standard InChI is InChI=1S/C20H22Cl2FNO4/c1-10(2)28-20(26)15-11(3)24(4)14(9-23)17(19(25)27-5)16(15)12-7-6-8-13(21)18(12)22/h6-8,10,16H,9H2,1-5H3. The van der Waals surface area contributed by atoms with Crippen LogP contribution < -0.4 is 0 Å². The highest BCUT2D eigenvalue weighted by Crippen LogP contribution is 2.45. The maximum atomic E-state index is 14.0. The third-order valence-electron chi connectivity index (χ3n) is 4.57. The predicted octanol–water partition coefficient (Wildman–Crippen LogP) is 4.64. The van der Waals surface area contributed by atoms with Gasteiger partial charge in [-0.1, -0.05) is 35.3 Å². The molecule has 1 aromatic rings. The van der Waals surface area contributed by atoms with Crippen LogP contribution in [-0.4, -0.2) is 43.8 Å². The molecule has 8 heteroatoms. The lowest BCUT2D eigenvalue weighted by atomic mass is 9.79. The number of rotatable bonds is 5. The molecular formula is C20H22Cl2FNO4. The maximum Gasteiger partial charge on any atom is 0.337 e. The average molecular weight is 430 g/mol. The number of halogens is 3. The number of hydrogen-bond acceptors (Lipinski definition) is 5. The second-order valence-corrected chi connectivity index (χ2v) is 7.36. The van der Waals surface area contributed by atoms with Crippen molar-refractivity contribution in [3.8, 4) is 0 Å². The van der Waals surface area contributed by atoms with Gasteiger partial charge in [0.25, 0.3) is 0 Å². The van der Waals surface area contributed by atoms with Crippen LogP contribution >= 0.6 is 23.2 Å². The molecule has 1 heterocycles. The number of nitrogens with zero attached hydrogens (tertiary/aromatic N) is 1. The molecule has 0 fully saturated rings. The molecule has 152 valence electrons. The molecule has 0 aliphatic carbocycles. The minimum atomic E-state index is -0.980. The summed E-state index contributed by atoms with van der Waals surface area (Å²) < 4.78 is 24.2. The largest absolute Gasteiger partial charge is 0.466 e. The highest BCUT2D eigenvalue weighted by atomic mass is 35.5. The number of carbonyl (C=O) groups is 2. The van der Waals surface area contributed by atoms with Crippen molar-refractivity contribution < 1.29 is 23.5 Å². The molecule has 5 nitrogen and oxygen atoms in total. The van der Waals surface area contributed by atoms with Crippen molar-refractivity contribution in [2.24, 2.45) is 0 Å². The van der Waals surface area contributed by atoms with Gasteiger partial charge in [-0.2, -0.15) is 0 Å². The Kier molecular flexibility index (Phi) is 7.12. The minimum Gasteiger partial charge on any atom is -0.466 e. The van der Waals surface area contributed by atoms with E-state index in [9.17, 15) is 14.0 Å². The molecule has 0 N–H and O–H groups in total. The summed E-state index contributed by atoms with van der Waals surface area (Å²) in [6.07, 6.45) is -0.387. The van der Waals surface area contributed by atoms with Crippen molar-refractivity contribution in [1.29, 1.82) is 0 Å². The third-order valence-corrected chi connectivity index (χ3v) is 5.41. The van der Waals surface area contributed by atoms with Crippen molar-refractivity contribution in [1.82, 2.24) is 4.90 Å². The molecule has 1 aliphatic rings. The summed E-state index contributed by atoms with van der Waals surface area (Å²) in [5, 5.41) is 0.416. The van der Waals surface area contributed by atoms with Crippen LogP contribution in [0.4, 0.5) is 4.39 Å². The number of benzene rings is 1. The molecule has 0 radical (unpaired) electrons. The number of carbonyl (C=O) groups excluding carboxylic acids is 2. The molecular weight excluding hydrogens is 408 g/mol. The van der Waals surface area contributed by atoms with Crippen LogP contribution in [0.1, 0.15) is 32.3 Å². The van der Waals surface area contributed by atoms with E-state index in [4.69, 9.17) is 32.7 Å². The van der Waals surface area contributed by atoms with E-state index < -0.39 is 24.5 Å². The van der Waals surface area contributed by atoms with Gasteiger partial charge in [0.05, 0.1) is 46.0 Å². The highest BCUT2D eigenvalue weighted by molar-refractivity contribution is 6.42. The second-order valence-electron chi connectivity index (χ2n) is 6.57. The van der Waals surface area contributed by atoms with Gasteiger partial charge in [0, 0.05) is 12.7 Å². The second kappa shape index (κ2) is 8.97. The summed E-state index contributed by atoms with van der Waals surface area (Å²) in [6.45, 7) is 4.16. The van der Waals surface area contributed by atoms with E-state index in [0.717, 1.165) is 0 Å². The molecule has 28 heavy (non-hydrogen) atoms. The fraction of sp³-hybridized carbons (Fsp3) is 0.400. The Bertz CT molecular complexity index is 864. The van der Waals surface area contributed by atoms with Crippen LogP contribution in [0.25, 0.3) is 0 Å². The minimum absolute atomic E-state index is 0.0158. The van der Waals surface area contributed by atoms with Crippen LogP contribution in [0.2, 0.25) is 10.0 Å². The summed E-state index contributed by atoms with van der Waals surface area (Å²) in [4.78, 5) is 27.0. The molecule has 1 atom stereocenters. The van der Waals surface area contributed by atoms with Gasteiger partial charge >= 0.3 is 11.9 Å². The first-order valence-corrected chi connectivity index (χ1v) is 9.37. The monoisotopic (exact) mass is 429 g/mol. The lowest BCUT2D eigenvalue weighted by Crippen LogP contribution is -2.35.